The van der Waals surface area contributed by atoms with Crippen molar-refractivity contribution < 1.29 is 22.7 Å². The second-order valence-electron chi connectivity index (χ2n) is 9.84. The fourth-order valence-electron chi connectivity index (χ4n) is 5.13. The summed E-state index contributed by atoms with van der Waals surface area (Å²) in [5.74, 6) is 0.341. The lowest BCUT2D eigenvalue weighted by atomic mass is 9.97. The van der Waals surface area contributed by atoms with Gasteiger partial charge in [0.1, 0.15) is 5.75 Å². The van der Waals surface area contributed by atoms with Crippen LogP contribution >= 0.6 is 11.6 Å². The van der Waals surface area contributed by atoms with Gasteiger partial charge in [-0.3, -0.25) is 9.59 Å². The Morgan fingerprint density at radius 2 is 1.75 bits per heavy atom. The van der Waals surface area contributed by atoms with E-state index < -0.39 is 10.0 Å². The topological polar surface area (TPSA) is 96.0 Å². The Kier molecular flexibility index (Phi) is 6.74. The normalized spacial score (nSPS) is 20.8. The van der Waals surface area contributed by atoms with Crippen LogP contribution in [0.25, 0.3) is 0 Å². The third-order valence-electron chi connectivity index (χ3n) is 7.31. The number of carbonyl (C=O) groups is 2. The van der Waals surface area contributed by atoms with Crippen LogP contribution in [0.1, 0.15) is 38.2 Å². The van der Waals surface area contributed by atoms with Crippen LogP contribution in [0.15, 0.2) is 41.3 Å². The number of hydrogen-bond donors (Lipinski definition) is 1. The molecule has 1 saturated carbocycles. The number of sulfonamides is 1. The zero-order valence-electron chi connectivity index (χ0n) is 20.4. The Morgan fingerprint density at radius 1 is 1.03 bits per heavy atom. The second kappa shape index (κ2) is 9.68. The number of methoxy groups -OCH3 is 1. The first kappa shape index (κ1) is 25.0. The standard InChI is InChI=1S/C26H30ClN3O5S/c1-16-13-19-14-21(6-7-23(19)30(16)26(32)18-3-4-18)36(33,34)29-11-9-17(10-12-29)25(31)28-20-5-8-24(35-2)22(27)15-20/h5-8,14-18H,3-4,9-13H2,1-2H3,(H,28,31). The number of rotatable bonds is 6. The van der Waals surface area contributed by atoms with Crippen molar-refractivity contribution in [3.63, 3.8) is 0 Å². The van der Waals surface area contributed by atoms with E-state index >= 15 is 0 Å². The highest BCUT2D eigenvalue weighted by Crippen LogP contribution is 2.40. The molecule has 1 aliphatic carbocycles. The van der Waals surface area contributed by atoms with Gasteiger partial charge < -0.3 is 15.0 Å². The molecule has 2 aliphatic heterocycles. The maximum atomic E-state index is 13.4. The smallest absolute Gasteiger partial charge is 0.243 e. The Hall–Kier alpha value is -2.62. The van der Waals surface area contributed by atoms with Crippen LogP contribution in [0.3, 0.4) is 0 Å². The molecule has 0 aromatic heterocycles. The van der Waals surface area contributed by atoms with Crippen molar-refractivity contribution in [3.05, 3.63) is 47.0 Å². The molecule has 0 spiro atoms. The molecule has 2 aromatic rings. The van der Waals surface area contributed by atoms with Crippen molar-refractivity contribution in [1.29, 1.82) is 0 Å². The second-order valence-corrected chi connectivity index (χ2v) is 12.2. The highest BCUT2D eigenvalue weighted by atomic mass is 35.5. The van der Waals surface area contributed by atoms with Crippen molar-refractivity contribution in [2.75, 3.05) is 30.4 Å². The number of carbonyl (C=O) groups excluding carboxylic acids is 2. The molecule has 2 aromatic carbocycles. The van der Waals surface area contributed by atoms with Crippen molar-refractivity contribution in [2.24, 2.45) is 11.8 Å². The summed E-state index contributed by atoms with van der Waals surface area (Å²) in [4.78, 5) is 27.6. The van der Waals surface area contributed by atoms with Crippen LogP contribution < -0.4 is 15.0 Å². The van der Waals surface area contributed by atoms with Gasteiger partial charge in [0.15, 0.2) is 0 Å². The van der Waals surface area contributed by atoms with E-state index in [0.29, 0.717) is 35.7 Å². The Labute approximate surface area is 216 Å². The average Bonchev–Trinajstić information content (AvgIpc) is 3.65. The first-order chi connectivity index (χ1) is 17.2. The number of benzene rings is 2. The summed E-state index contributed by atoms with van der Waals surface area (Å²) in [6, 6.07) is 10.2. The molecule has 8 nitrogen and oxygen atoms in total. The van der Waals surface area contributed by atoms with Crippen molar-refractivity contribution >= 4 is 44.8 Å². The number of halogens is 1. The zero-order valence-corrected chi connectivity index (χ0v) is 21.9. The van der Waals surface area contributed by atoms with Gasteiger partial charge >= 0.3 is 0 Å². The number of amides is 2. The zero-order chi connectivity index (χ0) is 25.6. The van der Waals surface area contributed by atoms with Crippen LogP contribution in [0.4, 0.5) is 11.4 Å². The number of hydrogen-bond acceptors (Lipinski definition) is 5. The number of anilines is 2. The largest absolute Gasteiger partial charge is 0.495 e. The summed E-state index contributed by atoms with van der Waals surface area (Å²) >= 11 is 6.14. The lowest BCUT2D eigenvalue weighted by Crippen LogP contribution is -2.41. The lowest BCUT2D eigenvalue weighted by molar-refractivity contribution is -0.121. The van der Waals surface area contributed by atoms with E-state index in [1.807, 2.05) is 11.8 Å². The SMILES string of the molecule is COc1ccc(NC(=O)C2CCN(S(=O)(=O)c3ccc4c(c3)CC(C)N4C(=O)C3CC3)CC2)cc1Cl. The predicted octanol–water partition coefficient (Wildman–Crippen LogP) is 4.08. The van der Waals surface area contributed by atoms with Gasteiger partial charge in [-0.2, -0.15) is 4.31 Å². The molecule has 0 radical (unpaired) electrons. The van der Waals surface area contributed by atoms with Gasteiger partial charge in [-0.15, -0.1) is 0 Å². The Morgan fingerprint density at radius 3 is 2.39 bits per heavy atom. The number of nitrogens with one attached hydrogen (secondary N) is 1. The molecule has 5 rings (SSSR count). The summed E-state index contributed by atoms with van der Waals surface area (Å²) in [7, 11) is -2.17. The minimum absolute atomic E-state index is 0.0286. The molecule has 10 heteroatoms. The fraction of sp³-hybridized carbons (Fsp3) is 0.462. The molecule has 2 fully saturated rings. The molecule has 192 valence electrons. The van der Waals surface area contributed by atoms with Gasteiger partial charge in [-0.25, -0.2) is 8.42 Å². The molecule has 3 aliphatic rings. The molecule has 1 saturated heterocycles. The number of nitrogens with zero attached hydrogens (tertiary/aromatic N) is 2. The summed E-state index contributed by atoms with van der Waals surface area (Å²) in [6.45, 7) is 2.54. The molecule has 2 heterocycles. The van der Waals surface area contributed by atoms with Crippen molar-refractivity contribution in [1.82, 2.24) is 4.31 Å². The molecule has 2 amide bonds. The van der Waals surface area contributed by atoms with Gasteiger partial charge in [-0.1, -0.05) is 11.6 Å². The first-order valence-corrected chi connectivity index (χ1v) is 14.1. The van der Waals surface area contributed by atoms with Gasteiger partial charge in [0.25, 0.3) is 0 Å². The summed E-state index contributed by atoms with van der Waals surface area (Å²) in [5, 5.41) is 3.27. The summed E-state index contributed by atoms with van der Waals surface area (Å²) in [5.41, 5.74) is 2.29. The van der Waals surface area contributed by atoms with E-state index in [4.69, 9.17) is 16.3 Å². The number of piperidine rings is 1. The van der Waals surface area contributed by atoms with E-state index in [9.17, 15) is 18.0 Å². The summed E-state index contributed by atoms with van der Waals surface area (Å²) < 4.78 is 33.4. The minimum atomic E-state index is -3.70. The Balaban J connectivity index is 1.23. The predicted molar refractivity (Wildman–Crippen MR) is 138 cm³/mol. The minimum Gasteiger partial charge on any atom is -0.495 e. The molecule has 1 N–H and O–H groups in total. The van der Waals surface area contributed by atoms with Crippen molar-refractivity contribution in [3.8, 4) is 5.75 Å². The maximum Gasteiger partial charge on any atom is 0.243 e. The number of fused-ring (bicyclic) bond motifs is 1. The molecular formula is C26H30ClN3O5S. The van der Waals surface area contributed by atoms with Gasteiger partial charge in [0.05, 0.1) is 17.0 Å². The Bertz CT molecular complexity index is 1300. The van der Waals surface area contributed by atoms with E-state index in [0.717, 1.165) is 24.1 Å². The van der Waals surface area contributed by atoms with Crippen LogP contribution in [0.5, 0.6) is 5.75 Å². The van der Waals surface area contributed by atoms with E-state index in [1.54, 1.807) is 36.4 Å². The molecule has 1 atom stereocenters. The molecular weight excluding hydrogens is 502 g/mol. The number of ether oxygens (including phenoxy) is 1. The van der Waals surface area contributed by atoms with Crippen LogP contribution in [0, 0.1) is 11.8 Å². The fourth-order valence-corrected chi connectivity index (χ4v) is 6.91. The van der Waals surface area contributed by atoms with Crippen LogP contribution in [-0.4, -0.2) is 50.8 Å². The monoisotopic (exact) mass is 531 g/mol. The van der Waals surface area contributed by atoms with E-state index in [1.165, 1.54) is 11.4 Å². The van der Waals surface area contributed by atoms with Gasteiger partial charge in [0, 0.05) is 42.3 Å². The third-order valence-corrected chi connectivity index (χ3v) is 9.50. The lowest BCUT2D eigenvalue weighted by Gasteiger charge is -2.30. The van der Waals surface area contributed by atoms with Gasteiger partial charge in [-0.05, 0) is 81.0 Å². The highest BCUT2D eigenvalue weighted by Gasteiger charge is 2.40. The van der Waals surface area contributed by atoms with Crippen LogP contribution in [0.2, 0.25) is 5.02 Å². The quantitative estimate of drug-likeness (QED) is 0.606. The van der Waals surface area contributed by atoms with E-state index in [-0.39, 0.29) is 47.7 Å². The van der Waals surface area contributed by atoms with Gasteiger partial charge in [0.2, 0.25) is 21.8 Å². The third kappa shape index (κ3) is 4.71. The van der Waals surface area contributed by atoms with Crippen LogP contribution in [-0.2, 0) is 26.0 Å². The molecule has 0 bridgehead atoms. The van der Waals surface area contributed by atoms with Crippen molar-refractivity contribution in [2.45, 2.75) is 50.0 Å². The molecule has 1 unspecified atom stereocenters. The highest BCUT2D eigenvalue weighted by molar-refractivity contribution is 7.89. The maximum absolute atomic E-state index is 13.4. The first-order valence-electron chi connectivity index (χ1n) is 12.3. The summed E-state index contributed by atoms with van der Waals surface area (Å²) in [6.07, 6.45) is 3.38. The average molecular weight is 532 g/mol. The molecule has 36 heavy (non-hydrogen) atoms. The van der Waals surface area contributed by atoms with E-state index in [2.05, 4.69) is 5.32 Å².